The predicted octanol–water partition coefficient (Wildman–Crippen LogP) is 2.17. The van der Waals surface area contributed by atoms with Crippen LogP contribution in [0.4, 0.5) is 0 Å². The highest BCUT2D eigenvalue weighted by Crippen LogP contribution is 2.18. The second-order valence-electron chi connectivity index (χ2n) is 3.67. The molecule has 0 saturated carbocycles. The Morgan fingerprint density at radius 3 is 2.69 bits per heavy atom. The fourth-order valence-corrected chi connectivity index (χ4v) is 2.53. The lowest BCUT2D eigenvalue weighted by Crippen LogP contribution is -2.07. The Bertz CT molecular complexity index is 600. The van der Waals surface area contributed by atoms with Gasteiger partial charge in [-0.2, -0.15) is 0 Å². The van der Waals surface area contributed by atoms with Gasteiger partial charge in [-0.15, -0.1) is 0 Å². The normalized spacial score (nSPS) is 11.8. The summed E-state index contributed by atoms with van der Waals surface area (Å²) in [5.74, 6) is 0.230. The van der Waals surface area contributed by atoms with Crippen molar-refractivity contribution in [1.82, 2.24) is 4.98 Å². The van der Waals surface area contributed by atoms with Gasteiger partial charge in [-0.25, -0.2) is 8.42 Å². The zero-order valence-corrected chi connectivity index (χ0v) is 9.87. The van der Waals surface area contributed by atoms with Gasteiger partial charge in [0.05, 0.1) is 11.3 Å². The maximum absolute atomic E-state index is 11.6. The van der Waals surface area contributed by atoms with Gasteiger partial charge in [-0.05, 0) is 11.6 Å². The second-order valence-corrected chi connectivity index (χ2v) is 6.02. The van der Waals surface area contributed by atoms with Crippen molar-refractivity contribution >= 4 is 20.7 Å². The maximum Gasteiger partial charge on any atom is 0.154 e. The van der Waals surface area contributed by atoms with E-state index in [1.807, 2.05) is 30.3 Å². The molecule has 0 spiro atoms. The number of para-hydroxylation sites is 1. The molecule has 16 heavy (non-hydrogen) atoms. The van der Waals surface area contributed by atoms with Gasteiger partial charge in [0.25, 0.3) is 0 Å². The van der Waals surface area contributed by atoms with Gasteiger partial charge in [-0.3, -0.25) is 4.98 Å². The lowest BCUT2D eigenvalue weighted by molar-refractivity contribution is 0.596. The van der Waals surface area contributed by atoms with E-state index in [9.17, 15) is 8.42 Å². The Labute approximate surface area is 95.1 Å². The van der Waals surface area contributed by atoms with Gasteiger partial charge in [0.15, 0.2) is 9.84 Å². The van der Waals surface area contributed by atoms with Crippen molar-refractivity contribution in [2.45, 2.75) is 12.7 Å². The number of fused-ring (bicyclic) bond motifs is 1. The molecular formula is C12H13NO2S. The summed E-state index contributed by atoms with van der Waals surface area (Å²) in [6, 6.07) is 9.41. The first-order valence-electron chi connectivity index (χ1n) is 5.15. The number of nitrogens with zero attached hydrogens (tertiary/aromatic N) is 1. The predicted molar refractivity (Wildman–Crippen MR) is 64.9 cm³/mol. The van der Waals surface area contributed by atoms with Crippen molar-refractivity contribution in [3.63, 3.8) is 0 Å². The van der Waals surface area contributed by atoms with E-state index in [-0.39, 0.29) is 11.5 Å². The van der Waals surface area contributed by atoms with Crippen molar-refractivity contribution in [3.05, 3.63) is 42.1 Å². The zero-order chi connectivity index (χ0) is 11.6. The van der Waals surface area contributed by atoms with Gasteiger partial charge in [-0.1, -0.05) is 31.2 Å². The van der Waals surface area contributed by atoms with Crippen LogP contribution in [0.5, 0.6) is 0 Å². The molecule has 84 valence electrons. The molecule has 0 radical (unpaired) electrons. The summed E-state index contributed by atoms with van der Waals surface area (Å²) in [6.07, 6.45) is 1.68. The molecule has 0 aliphatic carbocycles. The summed E-state index contributed by atoms with van der Waals surface area (Å²) in [6.45, 7) is 1.66. The molecule has 0 N–H and O–H groups in total. The van der Waals surface area contributed by atoms with E-state index in [1.165, 1.54) is 0 Å². The molecule has 0 atom stereocenters. The fraction of sp³-hybridized carbons (Fsp3) is 0.250. The van der Waals surface area contributed by atoms with Crippen LogP contribution in [0.15, 0.2) is 36.5 Å². The molecule has 1 heterocycles. The molecule has 1 aromatic carbocycles. The first kappa shape index (κ1) is 11.1. The van der Waals surface area contributed by atoms with Crippen LogP contribution in [0, 0.1) is 0 Å². The highest BCUT2D eigenvalue weighted by atomic mass is 32.2. The van der Waals surface area contributed by atoms with E-state index in [4.69, 9.17) is 0 Å². The molecule has 0 aliphatic rings. The van der Waals surface area contributed by atoms with Gasteiger partial charge < -0.3 is 0 Å². The van der Waals surface area contributed by atoms with Crippen molar-refractivity contribution in [3.8, 4) is 0 Å². The number of sulfone groups is 1. The molecule has 0 fully saturated rings. The third kappa shape index (κ3) is 2.22. The summed E-state index contributed by atoms with van der Waals surface area (Å²) >= 11 is 0. The van der Waals surface area contributed by atoms with Crippen LogP contribution in [0.25, 0.3) is 10.9 Å². The van der Waals surface area contributed by atoms with Gasteiger partial charge in [0.1, 0.15) is 0 Å². The number of rotatable bonds is 3. The van der Waals surface area contributed by atoms with Crippen molar-refractivity contribution < 1.29 is 8.42 Å². The average molecular weight is 235 g/mol. The molecule has 2 aromatic rings. The quantitative estimate of drug-likeness (QED) is 0.819. The summed E-state index contributed by atoms with van der Waals surface area (Å²) < 4.78 is 23.2. The average Bonchev–Trinajstić information content (AvgIpc) is 2.29. The summed E-state index contributed by atoms with van der Waals surface area (Å²) in [4.78, 5) is 4.24. The highest BCUT2D eigenvalue weighted by Gasteiger charge is 2.11. The third-order valence-electron chi connectivity index (χ3n) is 2.53. The molecule has 2 rings (SSSR count). The fourth-order valence-electron chi connectivity index (χ4n) is 1.62. The van der Waals surface area contributed by atoms with Crippen LogP contribution in [-0.2, 0) is 15.6 Å². The lowest BCUT2D eigenvalue weighted by Gasteiger charge is -2.05. The number of benzene rings is 1. The SMILES string of the molecule is CCS(=O)(=O)Cc1cccc2cccnc12. The van der Waals surface area contributed by atoms with Crippen molar-refractivity contribution in [1.29, 1.82) is 0 Å². The monoisotopic (exact) mass is 235 g/mol. The van der Waals surface area contributed by atoms with Crippen LogP contribution in [0.1, 0.15) is 12.5 Å². The molecule has 0 unspecified atom stereocenters. The third-order valence-corrected chi connectivity index (χ3v) is 4.16. The summed E-state index contributed by atoms with van der Waals surface area (Å²) in [7, 11) is -3.00. The molecule has 0 aliphatic heterocycles. The van der Waals surface area contributed by atoms with E-state index < -0.39 is 9.84 Å². The molecular weight excluding hydrogens is 222 g/mol. The molecule has 0 bridgehead atoms. The summed E-state index contributed by atoms with van der Waals surface area (Å²) in [5.41, 5.74) is 1.56. The second kappa shape index (κ2) is 4.22. The number of aromatic nitrogens is 1. The standard InChI is InChI=1S/C12H13NO2S/c1-2-16(14,15)9-11-6-3-5-10-7-4-8-13-12(10)11/h3-8H,2,9H2,1H3. The van der Waals surface area contributed by atoms with Crippen molar-refractivity contribution in [2.24, 2.45) is 0 Å². The van der Waals surface area contributed by atoms with Gasteiger partial charge >= 0.3 is 0 Å². The molecule has 4 heteroatoms. The Kier molecular flexibility index (Phi) is 2.92. The number of pyridine rings is 1. The van der Waals surface area contributed by atoms with Crippen LogP contribution < -0.4 is 0 Å². The first-order valence-corrected chi connectivity index (χ1v) is 6.97. The smallest absolute Gasteiger partial charge is 0.154 e. The molecule has 0 saturated heterocycles. The Hall–Kier alpha value is -1.42. The van der Waals surface area contributed by atoms with Crippen LogP contribution in [0.2, 0.25) is 0 Å². The first-order chi connectivity index (χ1) is 7.62. The van der Waals surface area contributed by atoms with Gasteiger partial charge in [0, 0.05) is 17.3 Å². The maximum atomic E-state index is 11.6. The minimum Gasteiger partial charge on any atom is -0.256 e. The van der Waals surface area contributed by atoms with E-state index in [2.05, 4.69) is 4.98 Å². The van der Waals surface area contributed by atoms with Crippen LogP contribution >= 0.6 is 0 Å². The topological polar surface area (TPSA) is 47.0 Å². The van der Waals surface area contributed by atoms with E-state index >= 15 is 0 Å². The molecule has 3 nitrogen and oxygen atoms in total. The van der Waals surface area contributed by atoms with E-state index in [0.717, 1.165) is 16.5 Å². The Morgan fingerprint density at radius 1 is 1.19 bits per heavy atom. The van der Waals surface area contributed by atoms with Crippen molar-refractivity contribution in [2.75, 3.05) is 5.75 Å². The Balaban J connectivity index is 2.53. The molecule has 1 aromatic heterocycles. The number of hydrogen-bond acceptors (Lipinski definition) is 3. The zero-order valence-electron chi connectivity index (χ0n) is 9.05. The van der Waals surface area contributed by atoms with E-state index in [1.54, 1.807) is 13.1 Å². The highest BCUT2D eigenvalue weighted by molar-refractivity contribution is 7.90. The summed E-state index contributed by atoms with van der Waals surface area (Å²) in [5, 5.41) is 0.978. The van der Waals surface area contributed by atoms with Crippen LogP contribution in [-0.4, -0.2) is 19.2 Å². The van der Waals surface area contributed by atoms with E-state index in [0.29, 0.717) is 0 Å². The minimum absolute atomic E-state index is 0.0673. The Morgan fingerprint density at radius 2 is 1.94 bits per heavy atom. The minimum atomic E-state index is -3.00. The number of hydrogen-bond donors (Lipinski definition) is 0. The van der Waals surface area contributed by atoms with Crippen LogP contribution in [0.3, 0.4) is 0 Å². The van der Waals surface area contributed by atoms with Gasteiger partial charge in [0.2, 0.25) is 0 Å². The molecule has 0 amide bonds. The largest absolute Gasteiger partial charge is 0.256 e. The lowest BCUT2D eigenvalue weighted by atomic mass is 10.1.